The number of methoxy groups -OCH3 is 1. The first kappa shape index (κ1) is 16.2. The monoisotopic (exact) mass is 277 g/mol. The van der Waals surface area contributed by atoms with Gasteiger partial charge in [-0.2, -0.15) is 0 Å². The second kappa shape index (κ2) is 7.68. The lowest BCUT2D eigenvalue weighted by molar-refractivity contribution is -0.146. The molecule has 2 atom stereocenters. The second-order valence-corrected chi connectivity index (χ2v) is 5.12. The van der Waals surface area contributed by atoms with E-state index in [-0.39, 0.29) is 17.7 Å². The minimum absolute atomic E-state index is 0.0142. The summed E-state index contributed by atoms with van der Waals surface area (Å²) in [5.41, 5.74) is 0.958. The van der Waals surface area contributed by atoms with Gasteiger partial charge in [0.2, 0.25) is 5.91 Å². The van der Waals surface area contributed by atoms with Crippen molar-refractivity contribution in [3.8, 4) is 0 Å². The first-order valence-electron chi connectivity index (χ1n) is 6.94. The Hall–Kier alpha value is -1.84. The summed E-state index contributed by atoms with van der Waals surface area (Å²) in [5.74, 6) is -0.805. The molecule has 2 unspecified atom stereocenters. The molecule has 0 fully saturated rings. The Morgan fingerprint density at radius 2 is 1.80 bits per heavy atom. The zero-order chi connectivity index (χ0) is 15.1. The van der Waals surface area contributed by atoms with Crippen LogP contribution < -0.4 is 5.32 Å². The first-order chi connectivity index (χ1) is 9.51. The Morgan fingerprint density at radius 1 is 1.20 bits per heavy atom. The van der Waals surface area contributed by atoms with Gasteiger partial charge >= 0.3 is 5.97 Å². The van der Waals surface area contributed by atoms with Crippen LogP contribution in [0.3, 0.4) is 0 Å². The van der Waals surface area contributed by atoms with Crippen molar-refractivity contribution in [2.45, 2.75) is 39.2 Å². The quantitative estimate of drug-likeness (QED) is 0.813. The predicted octanol–water partition coefficient (Wildman–Crippen LogP) is 2.49. The molecule has 20 heavy (non-hydrogen) atoms. The van der Waals surface area contributed by atoms with Gasteiger partial charge in [0, 0.05) is 0 Å². The Balaban J connectivity index is 2.84. The van der Waals surface area contributed by atoms with Gasteiger partial charge in [-0.25, -0.2) is 4.79 Å². The highest BCUT2D eigenvalue weighted by Crippen LogP contribution is 2.20. The van der Waals surface area contributed by atoms with Gasteiger partial charge < -0.3 is 10.1 Å². The zero-order valence-corrected chi connectivity index (χ0v) is 12.6. The predicted molar refractivity (Wildman–Crippen MR) is 78.3 cm³/mol. The van der Waals surface area contributed by atoms with E-state index >= 15 is 0 Å². The van der Waals surface area contributed by atoms with E-state index in [9.17, 15) is 9.59 Å². The van der Waals surface area contributed by atoms with Gasteiger partial charge in [-0.05, 0) is 17.9 Å². The molecule has 0 aliphatic carbocycles. The van der Waals surface area contributed by atoms with E-state index in [2.05, 4.69) is 5.32 Å². The first-order valence-corrected chi connectivity index (χ1v) is 6.94. The van der Waals surface area contributed by atoms with Crippen LogP contribution in [0.4, 0.5) is 0 Å². The number of benzene rings is 1. The zero-order valence-electron chi connectivity index (χ0n) is 12.6. The van der Waals surface area contributed by atoms with Crippen LogP contribution in [-0.2, 0) is 14.3 Å². The van der Waals surface area contributed by atoms with E-state index < -0.39 is 12.0 Å². The van der Waals surface area contributed by atoms with Crippen molar-refractivity contribution in [2.75, 3.05) is 7.11 Å². The third-order valence-corrected chi connectivity index (χ3v) is 3.35. The number of ether oxygens (including phenoxy) is 1. The van der Waals surface area contributed by atoms with Gasteiger partial charge in [0.25, 0.3) is 0 Å². The molecule has 0 saturated heterocycles. The molecule has 0 aliphatic heterocycles. The van der Waals surface area contributed by atoms with Crippen LogP contribution >= 0.6 is 0 Å². The largest absolute Gasteiger partial charge is 0.467 e. The SMILES string of the molecule is CCC(C(=O)NC(C(=O)OC)C(C)C)c1ccccc1. The van der Waals surface area contributed by atoms with Gasteiger partial charge in [-0.15, -0.1) is 0 Å². The summed E-state index contributed by atoms with van der Waals surface area (Å²) in [5, 5.41) is 2.80. The number of rotatable bonds is 6. The maximum absolute atomic E-state index is 12.4. The van der Waals surface area contributed by atoms with Crippen LogP contribution in [0.15, 0.2) is 30.3 Å². The maximum Gasteiger partial charge on any atom is 0.328 e. The summed E-state index contributed by atoms with van der Waals surface area (Å²) in [6, 6.07) is 8.98. The van der Waals surface area contributed by atoms with E-state index in [0.29, 0.717) is 6.42 Å². The van der Waals surface area contributed by atoms with Crippen molar-refractivity contribution in [3.05, 3.63) is 35.9 Å². The molecule has 0 saturated carbocycles. The van der Waals surface area contributed by atoms with Crippen LogP contribution in [0.5, 0.6) is 0 Å². The average molecular weight is 277 g/mol. The molecule has 1 aromatic carbocycles. The summed E-state index contributed by atoms with van der Waals surface area (Å²) in [7, 11) is 1.33. The lowest BCUT2D eigenvalue weighted by Gasteiger charge is -2.23. The minimum atomic E-state index is -0.606. The fourth-order valence-corrected chi connectivity index (χ4v) is 2.14. The lowest BCUT2D eigenvalue weighted by atomic mass is 9.94. The van der Waals surface area contributed by atoms with E-state index in [1.54, 1.807) is 0 Å². The van der Waals surface area contributed by atoms with Crippen LogP contribution in [0.2, 0.25) is 0 Å². The van der Waals surface area contributed by atoms with E-state index in [1.807, 2.05) is 51.1 Å². The standard InChI is InChI=1S/C16H23NO3/c1-5-13(12-9-7-6-8-10-12)15(18)17-14(11(2)3)16(19)20-4/h6-11,13-14H,5H2,1-4H3,(H,17,18). The molecule has 4 nitrogen and oxygen atoms in total. The number of nitrogens with one attached hydrogen (secondary N) is 1. The van der Waals surface area contributed by atoms with Crippen LogP contribution in [0.25, 0.3) is 0 Å². The van der Waals surface area contributed by atoms with E-state index in [4.69, 9.17) is 4.74 Å². The lowest BCUT2D eigenvalue weighted by Crippen LogP contribution is -2.46. The number of esters is 1. The number of carbonyl (C=O) groups is 2. The molecule has 0 radical (unpaired) electrons. The molecule has 0 aliphatic rings. The van der Waals surface area contributed by atoms with Crippen molar-refractivity contribution in [2.24, 2.45) is 5.92 Å². The topological polar surface area (TPSA) is 55.4 Å². The third kappa shape index (κ3) is 4.08. The molecule has 0 bridgehead atoms. The van der Waals surface area contributed by atoms with Crippen molar-refractivity contribution in [3.63, 3.8) is 0 Å². The van der Waals surface area contributed by atoms with Gasteiger partial charge in [0.15, 0.2) is 0 Å². The van der Waals surface area contributed by atoms with Crippen molar-refractivity contribution in [1.82, 2.24) is 5.32 Å². The molecule has 1 amide bonds. The highest BCUT2D eigenvalue weighted by Gasteiger charge is 2.28. The van der Waals surface area contributed by atoms with Crippen LogP contribution in [-0.4, -0.2) is 25.0 Å². The normalized spacial score (nSPS) is 13.7. The van der Waals surface area contributed by atoms with Crippen LogP contribution in [0, 0.1) is 5.92 Å². The van der Waals surface area contributed by atoms with Gasteiger partial charge in [-0.3, -0.25) is 4.79 Å². The molecule has 0 heterocycles. The van der Waals surface area contributed by atoms with E-state index in [0.717, 1.165) is 5.56 Å². The summed E-state index contributed by atoms with van der Waals surface area (Å²) in [6.07, 6.45) is 0.682. The summed E-state index contributed by atoms with van der Waals surface area (Å²) in [6.45, 7) is 5.72. The smallest absolute Gasteiger partial charge is 0.328 e. The molecule has 0 spiro atoms. The molecular weight excluding hydrogens is 254 g/mol. The van der Waals surface area contributed by atoms with Gasteiger partial charge in [0.05, 0.1) is 13.0 Å². The second-order valence-electron chi connectivity index (χ2n) is 5.12. The molecule has 1 aromatic rings. The molecule has 4 heteroatoms. The third-order valence-electron chi connectivity index (χ3n) is 3.35. The highest BCUT2D eigenvalue weighted by molar-refractivity contribution is 5.88. The summed E-state index contributed by atoms with van der Waals surface area (Å²) < 4.78 is 4.74. The van der Waals surface area contributed by atoms with Gasteiger partial charge in [-0.1, -0.05) is 51.1 Å². The molecular formula is C16H23NO3. The number of hydrogen-bond acceptors (Lipinski definition) is 3. The van der Waals surface area contributed by atoms with Crippen molar-refractivity contribution < 1.29 is 14.3 Å². The average Bonchev–Trinajstić information content (AvgIpc) is 2.45. The minimum Gasteiger partial charge on any atom is -0.467 e. The van der Waals surface area contributed by atoms with E-state index in [1.165, 1.54) is 7.11 Å². The fraction of sp³-hybridized carbons (Fsp3) is 0.500. The van der Waals surface area contributed by atoms with Gasteiger partial charge in [0.1, 0.15) is 6.04 Å². The molecule has 1 rings (SSSR count). The van der Waals surface area contributed by atoms with Crippen LogP contribution in [0.1, 0.15) is 38.7 Å². The van der Waals surface area contributed by atoms with Crippen molar-refractivity contribution in [1.29, 1.82) is 0 Å². The molecule has 1 N–H and O–H groups in total. The number of amides is 1. The number of carbonyl (C=O) groups excluding carboxylic acids is 2. The Bertz CT molecular complexity index is 442. The maximum atomic E-state index is 12.4. The number of hydrogen-bond donors (Lipinski definition) is 1. The summed E-state index contributed by atoms with van der Waals surface area (Å²) >= 11 is 0. The Morgan fingerprint density at radius 3 is 2.25 bits per heavy atom. The highest BCUT2D eigenvalue weighted by atomic mass is 16.5. The molecule has 0 aromatic heterocycles. The van der Waals surface area contributed by atoms with Crippen molar-refractivity contribution >= 4 is 11.9 Å². The fourth-order valence-electron chi connectivity index (χ4n) is 2.14. The Labute approximate surface area is 120 Å². The Kier molecular flexibility index (Phi) is 6.22. The molecule has 110 valence electrons. The summed E-state index contributed by atoms with van der Waals surface area (Å²) in [4.78, 5) is 24.1.